The van der Waals surface area contributed by atoms with Gasteiger partial charge in [-0.3, -0.25) is 0 Å². The first kappa shape index (κ1) is 23.4. The van der Waals surface area contributed by atoms with E-state index in [0.29, 0.717) is 35.9 Å². The van der Waals surface area contributed by atoms with E-state index in [1.807, 2.05) is 7.05 Å². The number of phenols is 1. The van der Waals surface area contributed by atoms with Crippen LogP contribution in [-0.2, 0) is 6.18 Å². The SMILES string of the molecule is Cc1c(-c2ccc(C(F)(F)F)cc2O)nnc(C(O)C2CC(CCO)CN(C)C2)c1C. The van der Waals surface area contributed by atoms with E-state index in [-0.39, 0.29) is 29.7 Å². The molecule has 0 saturated carbocycles. The summed E-state index contributed by atoms with van der Waals surface area (Å²) in [5.74, 6) is -0.324. The zero-order chi connectivity index (χ0) is 22.9. The number of alkyl halides is 3. The van der Waals surface area contributed by atoms with Crippen molar-refractivity contribution in [1.82, 2.24) is 15.1 Å². The number of halogens is 3. The summed E-state index contributed by atoms with van der Waals surface area (Å²) in [6.45, 7) is 5.17. The molecule has 2 aromatic rings. The van der Waals surface area contributed by atoms with Gasteiger partial charge in [-0.1, -0.05) is 0 Å². The number of hydrogen-bond acceptors (Lipinski definition) is 6. The van der Waals surface area contributed by atoms with E-state index < -0.39 is 23.6 Å². The van der Waals surface area contributed by atoms with Crippen molar-refractivity contribution in [3.05, 3.63) is 40.6 Å². The van der Waals surface area contributed by atoms with Crippen LogP contribution in [0, 0.1) is 25.7 Å². The van der Waals surface area contributed by atoms with E-state index in [0.717, 1.165) is 19.0 Å². The molecule has 1 aliphatic heterocycles. The lowest BCUT2D eigenvalue weighted by atomic mass is 9.82. The van der Waals surface area contributed by atoms with Crippen LogP contribution in [0.15, 0.2) is 18.2 Å². The summed E-state index contributed by atoms with van der Waals surface area (Å²) in [5.41, 5.74) is 1.23. The number of aliphatic hydroxyl groups excluding tert-OH is 2. The van der Waals surface area contributed by atoms with Crippen molar-refractivity contribution < 1.29 is 28.5 Å². The van der Waals surface area contributed by atoms with E-state index in [9.17, 15) is 28.5 Å². The van der Waals surface area contributed by atoms with Gasteiger partial charge in [0.25, 0.3) is 0 Å². The molecule has 0 amide bonds. The molecule has 3 atom stereocenters. The zero-order valence-corrected chi connectivity index (χ0v) is 17.8. The summed E-state index contributed by atoms with van der Waals surface area (Å²) in [4.78, 5) is 2.13. The van der Waals surface area contributed by atoms with Gasteiger partial charge >= 0.3 is 6.18 Å². The minimum atomic E-state index is -4.55. The summed E-state index contributed by atoms with van der Waals surface area (Å²) in [5, 5.41) is 38.8. The molecule has 2 heterocycles. The maximum absolute atomic E-state index is 12.9. The van der Waals surface area contributed by atoms with E-state index in [2.05, 4.69) is 15.1 Å². The molecule has 3 N–H and O–H groups in total. The maximum Gasteiger partial charge on any atom is 0.416 e. The number of benzene rings is 1. The van der Waals surface area contributed by atoms with Gasteiger partial charge in [-0.05, 0) is 69.0 Å². The highest BCUT2D eigenvalue weighted by Crippen LogP contribution is 2.39. The van der Waals surface area contributed by atoms with Crippen LogP contribution < -0.4 is 0 Å². The van der Waals surface area contributed by atoms with Gasteiger partial charge in [0.1, 0.15) is 11.9 Å². The van der Waals surface area contributed by atoms with Crippen molar-refractivity contribution in [2.75, 3.05) is 26.7 Å². The predicted molar refractivity (Wildman–Crippen MR) is 109 cm³/mol. The summed E-state index contributed by atoms with van der Waals surface area (Å²) in [6, 6.07) is 2.75. The van der Waals surface area contributed by atoms with Crippen LogP contribution in [0.5, 0.6) is 5.75 Å². The number of rotatable bonds is 5. The van der Waals surface area contributed by atoms with Crippen LogP contribution in [-0.4, -0.2) is 57.2 Å². The fourth-order valence-electron chi connectivity index (χ4n) is 4.41. The van der Waals surface area contributed by atoms with E-state index >= 15 is 0 Å². The lowest BCUT2D eigenvalue weighted by Gasteiger charge is -2.37. The molecule has 0 bridgehead atoms. The highest BCUT2D eigenvalue weighted by atomic mass is 19.4. The van der Waals surface area contributed by atoms with E-state index in [4.69, 9.17) is 0 Å². The number of aromatic hydroxyl groups is 1. The third kappa shape index (κ3) is 4.99. The second kappa shape index (κ2) is 9.10. The molecule has 3 unspecified atom stereocenters. The molecule has 0 spiro atoms. The van der Waals surface area contributed by atoms with Crippen molar-refractivity contribution in [2.45, 2.75) is 39.0 Å². The number of likely N-dealkylation sites (tertiary alicyclic amines) is 1. The van der Waals surface area contributed by atoms with Gasteiger partial charge in [0.15, 0.2) is 0 Å². The molecule has 3 rings (SSSR count). The molecule has 1 aliphatic rings. The Morgan fingerprint density at radius 3 is 2.48 bits per heavy atom. The lowest BCUT2D eigenvalue weighted by molar-refractivity contribution is -0.137. The first-order valence-electron chi connectivity index (χ1n) is 10.2. The minimum Gasteiger partial charge on any atom is -0.507 e. The molecule has 1 fully saturated rings. The van der Waals surface area contributed by atoms with Crippen molar-refractivity contribution >= 4 is 0 Å². The lowest BCUT2D eigenvalue weighted by Crippen LogP contribution is -2.40. The van der Waals surface area contributed by atoms with Crippen LogP contribution in [0.25, 0.3) is 11.3 Å². The van der Waals surface area contributed by atoms with E-state index in [1.165, 1.54) is 6.07 Å². The van der Waals surface area contributed by atoms with Gasteiger partial charge in [0.2, 0.25) is 0 Å². The summed E-state index contributed by atoms with van der Waals surface area (Å²) in [7, 11) is 1.98. The second-order valence-corrected chi connectivity index (χ2v) is 8.45. The first-order valence-corrected chi connectivity index (χ1v) is 10.2. The molecule has 31 heavy (non-hydrogen) atoms. The van der Waals surface area contributed by atoms with Crippen LogP contribution in [0.2, 0.25) is 0 Å². The Morgan fingerprint density at radius 2 is 1.87 bits per heavy atom. The number of hydrogen-bond donors (Lipinski definition) is 3. The number of nitrogens with zero attached hydrogens (tertiary/aromatic N) is 3. The monoisotopic (exact) mass is 439 g/mol. The third-order valence-corrected chi connectivity index (χ3v) is 6.16. The molecule has 0 radical (unpaired) electrons. The molecular formula is C22H28F3N3O3. The Hall–Kier alpha value is -2.23. The first-order chi connectivity index (χ1) is 14.5. The van der Waals surface area contributed by atoms with Gasteiger partial charge in [0, 0.05) is 31.2 Å². The van der Waals surface area contributed by atoms with Crippen LogP contribution in [0.3, 0.4) is 0 Å². The second-order valence-electron chi connectivity index (χ2n) is 8.45. The van der Waals surface area contributed by atoms with Crippen LogP contribution in [0.4, 0.5) is 13.2 Å². The molecule has 170 valence electrons. The highest BCUT2D eigenvalue weighted by molar-refractivity contribution is 5.70. The van der Waals surface area contributed by atoms with Gasteiger partial charge in [-0.15, -0.1) is 5.10 Å². The molecule has 6 nitrogen and oxygen atoms in total. The smallest absolute Gasteiger partial charge is 0.416 e. The zero-order valence-electron chi connectivity index (χ0n) is 17.8. The van der Waals surface area contributed by atoms with E-state index in [1.54, 1.807) is 13.8 Å². The van der Waals surface area contributed by atoms with Gasteiger partial charge in [-0.2, -0.15) is 18.3 Å². The standard InChI is InChI=1S/C22H28F3N3O3/c1-12-13(2)20(21(31)15-8-14(6-7-29)10-28(3)11-15)27-26-19(12)17-5-4-16(9-18(17)30)22(23,24)25/h4-5,9,14-15,21,29-31H,6-8,10-11H2,1-3H3. The summed E-state index contributed by atoms with van der Waals surface area (Å²) in [6.07, 6.45) is -3.98. The molecular weight excluding hydrogens is 411 g/mol. The number of aliphatic hydroxyl groups is 2. The fraction of sp³-hybridized carbons (Fsp3) is 0.545. The Labute approximate surface area is 179 Å². The largest absolute Gasteiger partial charge is 0.507 e. The van der Waals surface area contributed by atoms with Crippen molar-refractivity contribution in [3.8, 4) is 17.0 Å². The summed E-state index contributed by atoms with van der Waals surface area (Å²) < 4.78 is 38.6. The summed E-state index contributed by atoms with van der Waals surface area (Å²) >= 11 is 0. The number of piperidine rings is 1. The Morgan fingerprint density at radius 1 is 1.16 bits per heavy atom. The maximum atomic E-state index is 12.9. The van der Waals surface area contributed by atoms with Gasteiger partial charge < -0.3 is 20.2 Å². The Kier molecular flexibility index (Phi) is 6.88. The molecule has 1 saturated heterocycles. The topological polar surface area (TPSA) is 89.7 Å². The Bertz CT molecular complexity index is 936. The average Bonchev–Trinajstić information content (AvgIpc) is 2.69. The highest BCUT2D eigenvalue weighted by Gasteiger charge is 2.34. The van der Waals surface area contributed by atoms with Crippen LogP contribution >= 0.6 is 0 Å². The van der Waals surface area contributed by atoms with Crippen LogP contribution in [0.1, 0.15) is 41.3 Å². The predicted octanol–water partition coefficient (Wildman–Crippen LogP) is 3.47. The Balaban J connectivity index is 1.90. The minimum absolute atomic E-state index is 0.0759. The van der Waals surface area contributed by atoms with Gasteiger partial charge in [-0.25, -0.2) is 0 Å². The van der Waals surface area contributed by atoms with Crippen molar-refractivity contribution in [3.63, 3.8) is 0 Å². The normalized spacial score (nSPS) is 21.3. The molecule has 9 heteroatoms. The van der Waals surface area contributed by atoms with Crippen molar-refractivity contribution in [1.29, 1.82) is 0 Å². The van der Waals surface area contributed by atoms with Crippen molar-refractivity contribution in [2.24, 2.45) is 11.8 Å². The molecule has 1 aromatic heterocycles. The third-order valence-electron chi connectivity index (χ3n) is 6.16. The van der Waals surface area contributed by atoms with Gasteiger partial charge in [0.05, 0.1) is 17.0 Å². The molecule has 0 aliphatic carbocycles. The molecule has 1 aromatic carbocycles. The average molecular weight is 439 g/mol. The quantitative estimate of drug-likeness (QED) is 0.661. The fourth-order valence-corrected chi connectivity index (χ4v) is 4.41. The number of phenolic OH excluding ortho intramolecular Hbond substituents is 1. The number of aromatic nitrogens is 2.